The van der Waals surface area contributed by atoms with Gasteiger partial charge in [0.1, 0.15) is 0 Å². The van der Waals surface area contributed by atoms with Gasteiger partial charge >= 0.3 is 0 Å². The molecule has 2 aliphatic rings. The maximum absolute atomic E-state index is 8.62. The van der Waals surface area contributed by atoms with Crippen molar-refractivity contribution in [2.45, 2.75) is 38.5 Å². The summed E-state index contributed by atoms with van der Waals surface area (Å²) < 4.78 is 0. The van der Waals surface area contributed by atoms with E-state index in [-0.39, 0.29) is 0 Å². The van der Waals surface area contributed by atoms with Gasteiger partial charge in [0, 0.05) is 13.0 Å². The molecule has 2 aliphatic carbocycles. The number of nitrogens with zero attached hydrogens (tertiary/aromatic N) is 1. The maximum atomic E-state index is 8.62. The van der Waals surface area contributed by atoms with Gasteiger partial charge in [0.25, 0.3) is 0 Å². The van der Waals surface area contributed by atoms with E-state index in [0.717, 1.165) is 25.4 Å². The summed E-state index contributed by atoms with van der Waals surface area (Å²) in [4.78, 5) is 0. The van der Waals surface area contributed by atoms with Crippen LogP contribution in [-0.4, -0.2) is 13.1 Å². The maximum Gasteiger partial charge on any atom is 0.0628 e. The fraction of sp³-hybridized carbons (Fsp3) is 0.909. The highest BCUT2D eigenvalue weighted by atomic mass is 14.9. The molecule has 2 saturated carbocycles. The lowest BCUT2D eigenvalue weighted by Crippen LogP contribution is -2.24. The van der Waals surface area contributed by atoms with Crippen LogP contribution in [0.2, 0.25) is 0 Å². The summed E-state index contributed by atoms with van der Waals surface area (Å²) in [6.45, 7) is 2.24. The molecular formula is C11H18N2. The van der Waals surface area contributed by atoms with Crippen molar-refractivity contribution in [1.29, 1.82) is 5.26 Å². The Balaban J connectivity index is 1.54. The highest BCUT2D eigenvalue weighted by Crippen LogP contribution is 2.47. The largest absolute Gasteiger partial charge is 0.316 e. The fourth-order valence-electron chi connectivity index (χ4n) is 1.83. The second kappa shape index (κ2) is 3.67. The second-order valence-electron chi connectivity index (χ2n) is 4.74. The van der Waals surface area contributed by atoms with Crippen molar-refractivity contribution in [1.82, 2.24) is 5.32 Å². The number of hydrogen-bond donors (Lipinski definition) is 1. The molecule has 0 atom stereocenters. The topological polar surface area (TPSA) is 35.8 Å². The molecule has 2 rings (SSSR count). The second-order valence-corrected chi connectivity index (χ2v) is 4.74. The molecule has 72 valence electrons. The van der Waals surface area contributed by atoms with Crippen LogP contribution in [0.4, 0.5) is 0 Å². The minimum absolute atomic E-state index is 0.387. The van der Waals surface area contributed by atoms with Gasteiger partial charge in [-0.05, 0) is 37.1 Å². The van der Waals surface area contributed by atoms with E-state index in [2.05, 4.69) is 11.4 Å². The lowest BCUT2D eigenvalue weighted by Gasteiger charge is -2.11. The molecule has 1 N–H and O–H groups in total. The first-order valence-corrected chi connectivity index (χ1v) is 5.42. The highest BCUT2D eigenvalue weighted by Gasteiger charge is 2.41. The lowest BCUT2D eigenvalue weighted by atomic mass is 10.0. The van der Waals surface area contributed by atoms with Crippen LogP contribution >= 0.6 is 0 Å². The first kappa shape index (κ1) is 9.02. The van der Waals surface area contributed by atoms with Crippen molar-refractivity contribution in [3.05, 3.63) is 0 Å². The van der Waals surface area contributed by atoms with Crippen LogP contribution in [0.1, 0.15) is 38.5 Å². The van der Waals surface area contributed by atoms with E-state index in [1.807, 2.05) is 0 Å². The van der Waals surface area contributed by atoms with Gasteiger partial charge < -0.3 is 5.32 Å². The summed E-state index contributed by atoms with van der Waals surface area (Å²) in [5, 5.41) is 12.1. The van der Waals surface area contributed by atoms with Gasteiger partial charge in [-0.3, -0.25) is 0 Å². The molecule has 2 heteroatoms. The molecular weight excluding hydrogens is 160 g/mol. The predicted octanol–water partition coefficient (Wildman–Crippen LogP) is 2.07. The lowest BCUT2D eigenvalue weighted by molar-refractivity contribution is 0.458. The molecule has 2 fully saturated rings. The summed E-state index contributed by atoms with van der Waals surface area (Å²) in [6, 6.07) is 2.29. The van der Waals surface area contributed by atoms with Crippen LogP contribution in [0.5, 0.6) is 0 Å². The highest BCUT2D eigenvalue weighted by molar-refractivity contribution is 5.00. The van der Waals surface area contributed by atoms with Crippen molar-refractivity contribution in [2.24, 2.45) is 11.3 Å². The van der Waals surface area contributed by atoms with E-state index in [0.29, 0.717) is 5.41 Å². The van der Waals surface area contributed by atoms with E-state index in [9.17, 15) is 0 Å². The predicted molar refractivity (Wildman–Crippen MR) is 52.1 cm³/mol. The van der Waals surface area contributed by atoms with Gasteiger partial charge in [-0.25, -0.2) is 0 Å². The molecule has 0 amide bonds. The van der Waals surface area contributed by atoms with Crippen molar-refractivity contribution in [3.8, 4) is 6.07 Å². The minimum atomic E-state index is 0.387. The van der Waals surface area contributed by atoms with Gasteiger partial charge in [-0.15, -0.1) is 0 Å². The van der Waals surface area contributed by atoms with Crippen LogP contribution < -0.4 is 5.32 Å². The van der Waals surface area contributed by atoms with E-state index < -0.39 is 0 Å². The van der Waals surface area contributed by atoms with Crippen LogP contribution in [0.25, 0.3) is 0 Å². The van der Waals surface area contributed by atoms with Gasteiger partial charge in [0.2, 0.25) is 0 Å². The number of nitriles is 1. The zero-order chi connectivity index (χ0) is 9.15. The van der Waals surface area contributed by atoms with E-state index in [1.165, 1.54) is 32.1 Å². The Kier molecular flexibility index (Phi) is 2.55. The average molecular weight is 178 g/mol. The summed E-state index contributed by atoms with van der Waals surface area (Å²) >= 11 is 0. The van der Waals surface area contributed by atoms with Gasteiger partial charge in [0.15, 0.2) is 0 Å². The van der Waals surface area contributed by atoms with Crippen LogP contribution in [-0.2, 0) is 0 Å². The standard InChI is InChI=1S/C11H18N2/c12-7-6-11(4-5-11)9-13-8-3-10-1-2-10/h10,13H,1-6,8-9H2. The average Bonchev–Trinajstić information content (AvgIpc) is 2.95. The normalized spacial score (nSPS) is 23.9. The molecule has 13 heavy (non-hydrogen) atoms. The molecule has 0 heterocycles. The molecule has 0 aromatic heterocycles. The Hall–Kier alpha value is -0.550. The Morgan fingerprint density at radius 3 is 2.69 bits per heavy atom. The smallest absolute Gasteiger partial charge is 0.0628 e. The monoisotopic (exact) mass is 178 g/mol. The molecule has 0 radical (unpaired) electrons. The SMILES string of the molecule is N#CCC1(CNCCC2CC2)CC1. The molecule has 0 unspecified atom stereocenters. The third-order valence-electron chi connectivity index (χ3n) is 3.34. The summed E-state index contributed by atoms with van der Waals surface area (Å²) in [5.41, 5.74) is 0.387. The summed E-state index contributed by atoms with van der Waals surface area (Å²) in [7, 11) is 0. The van der Waals surface area contributed by atoms with Crippen molar-refractivity contribution in [3.63, 3.8) is 0 Å². The van der Waals surface area contributed by atoms with Crippen LogP contribution in [0.15, 0.2) is 0 Å². The molecule has 0 bridgehead atoms. The zero-order valence-corrected chi connectivity index (χ0v) is 8.18. The van der Waals surface area contributed by atoms with Crippen molar-refractivity contribution in [2.75, 3.05) is 13.1 Å². The minimum Gasteiger partial charge on any atom is -0.316 e. The molecule has 0 aromatic carbocycles. The fourth-order valence-corrected chi connectivity index (χ4v) is 1.83. The Morgan fingerprint density at radius 2 is 2.15 bits per heavy atom. The van der Waals surface area contributed by atoms with E-state index in [4.69, 9.17) is 5.26 Å². The first-order valence-electron chi connectivity index (χ1n) is 5.42. The van der Waals surface area contributed by atoms with Gasteiger partial charge in [-0.2, -0.15) is 5.26 Å². The van der Waals surface area contributed by atoms with E-state index in [1.54, 1.807) is 0 Å². The summed E-state index contributed by atoms with van der Waals surface area (Å²) in [6.07, 6.45) is 7.52. The molecule has 0 aromatic rings. The molecule has 2 nitrogen and oxygen atoms in total. The van der Waals surface area contributed by atoms with Crippen molar-refractivity contribution >= 4 is 0 Å². The first-order chi connectivity index (χ1) is 6.35. The molecule has 0 saturated heterocycles. The van der Waals surface area contributed by atoms with Crippen molar-refractivity contribution < 1.29 is 0 Å². The molecule has 0 aliphatic heterocycles. The van der Waals surface area contributed by atoms with Crippen LogP contribution in [0.3, 0.4) is 0 Å². The molecule has 0 spiro atoms. The van der Waals surface area contributed by atoms with E-state index >= 15 is 0 Å². The van der Waals surface area contributed by atoms with Crippen LogP contribution in [0, 0.1) is 22.7 Å². The summed E-state index contributed by atoms with van der Waals surface area (Å²) in [5.74, 6) is 1.03. The third-order valence-corrected chi connectivity index (χ3v) is 3.34. The van der Waals surface area contributed by atoms with Gasteiger partial charge in [0.05, 0.1) is 6.07 Å². The Morgan fingerprint density at radius 1 is 1.38 bits per heavy atom. The number of hydrogen-bond acceptors (Lipinski definition) is 2. The quantitative estimate of drug-likeness (QED) is 0.632. The Labute approximate surface area is 80.3 Å². The zero-order valence-electron chi connectivity index (χ0n) is 8.18. The number of nitrogens with one attached hydrogen (secondary N) is 1. The number of rotatable bonds is 6. The Bertz CT molecular complexity index is 209. The third kappa shape index (κ3) is 2.70. The van der Waals surface area contributed by atoms with Gasteiger partial charge in [-0.1, -0.05) is 12.8 Å².